The van der Waals surface area contributed by atoms with Crippen molar-refractivity contribution in [3.63, 3.8) is 0 Å². The number of rotatable bonds is 28. The first kappa shape index (κ1) is 52.7. The zero-order valence-electron chi connectivity index (χ0n) is 41.4. The van der Waals surface area contributed by atoms with Gasteiger partial charge in [0, 0.05) is 22.3 Å². The first-order valence-corrected chi connectivity index (χ1v) is 28.8. The number of aryl methyl sites for hydroxylation is 4. The van der Waals surface area contributed by atoms with Crippen molar-refractivity contribution < 1.29 is 26.4 Å². The number of hydrogen-bond acceptors (Lipinski definition) is 6. The van der Waals surface area contributed by atoms with Gasteiger partial charge in [-0.3, -0.25) is 19.0 Å². The second kappa shape index (κ2) is 24.7. The number of carbonyl (C=O) groups is 2. The fourth-order valence-electron chi connectivity index (χ4n) is 10.0. The van der Waals surface area contributed by atoms with Crippen molar-refractivity contribution in [3.05, 3.63) is 104 Å². The summed E-state index contributed by atoms with van der Waals surface area (Å²) in [5.74, 6) is -0.444. The van der Waals surface area contributed by atoms with Crippen LogP contribution in [0.1, 0.15) is 211 Å². The average Bonchev–Trinajstić information content (AvgIpc) is 3.28. The van der Waals surface area contributed by atoms with E-state index < -0.39 is 20.0 Å². The molecule has 0 heterocycles. The molecule has 0 aliphatic heterocycles. The second-order valence-corrected chi connectivity index (χ2v) is 22.1. The molecule has 1 aliphatic carbocycles. The standard InChI is InChI=1S/C56H78N2O6S2/c1-9-17-19-23-35-65(61,62)57-53-41(27-13-5)37-39(25-11-3)49(47(53)29-15-7)45-33-34-46(52-51(45)55(59)43-31-21-22-32-44(43)56(52)60)50-40(26-12-4)38-42(28-14-6)54(48(50)30-16-8)58-66(63,64)36-24-20-18-10-2/h21-22,31-34,37-38,57-58H,9-20,23-30,35-36H2,1-8H3. The highest BCUT2D eigenvalue weighted by atomic mass is 32.2. The maximum atomic E-state index is 15.4. The minimum absolute atomic E-state index is 0.0261. The van der Waals surface area contributed by atoms with Gasteiger partial charge in [-0.25, -0.2) is 16.8 Å². The molecule has 2 N–H and O–H groups in total. The molecule has 1 aliphatic rings. The molecule has 0 amide bonds. The van der Waals surface area contributed by atoms with Gasteiger partial charge in [0.25, 0.3) is 0 Å². The summed E-state index contributed by atoms with van der Waals surface area (Å²) in [6, 6.07) is 15.3. The van der Waals surface area contributed by atoms with E-state index in [1.54, 1.807) is 24.3 Å². The summed E-state index contributed by atoms with van der Waals surface area (Å²) < 4.78 is 62.1. The van der Waals surface area contributed by atoms with Crippen LogP contribution in [0, 0.1) is 0 Å². The van der Waals surface area contributed by atoms with Gasteiger partial charge in [-0.1, -0.05) is 181 Å². The lowest BCUT2D eigenvalue weighted by Crippen LogP contribution is -2.24. The minimum Gasteiger partial charge on any atom is -0.289 e. The normalized spacial score (nSPS) is 12.7. The summed E-state index contributed by atoms with van der Waals surface area (Å²) >= 11 is 0. The van der Waals surface area contributed by atoms with Crippen molar-refractivity contribution in [2.24, 2.45) is 0 Å². The number of carbonyl (C=O) groups excluding carboxylic acids is 2. The summed E-state index contributed by atoms with van der Waals surface area (Å²) in [5.41, 5.74) is 11.1. The van der Waals surface area contributed by atoms with E-state index in [2.05, 4.69) is 77.0 Å². The third-order valence-electron chi connectivity index (χ3n) is 12.9. The Morgan fingerprint density at radius 1 is 0.379 bits per heavy atom. The number of hydrogen-bond donors (Lipinski definition) is 2. The molecular formula is C56H78N2O6S2. The van der Waals surface area contributed by atoms with E-state index in [9.17, 15) is 16.8 Å². The summed E-state index contributed by atoms with van der Waals surface area (Å²) in [5, 5.41) is 0. The third-order valence-corrected chi connectivity index (χ3v) is 15.6. The highest BCUT2D eigenvalue weighted by molar-refractivity contribution is 7.93. The number of benzene rings is 4. The summed E-state index contributed by atoms with van der Waals surface area (Å²) in [6.45, 7) is 16.9. The molecule has 0 aromatic heterocycles. The average molecular weight is 939 g/mol. The molecule has 8 nitrogen and oxygen atoms in total. The van der Waals surface area contributed by atoms with Gasteiger partial charge in [-0.15, -0.1) is 0 Å². The van der Waals surface area contributed by atoms with Crippen molar-refractivity contribution in [1.29, 1.82) is 0 Å². The highest BCUT2D eigenvalue weighted by Gasteiger charge is 2.37. The Kier molecular flexibility index (Phi) is 19.7. The third kappa shape index (κ3) is 12.2. The van der Waals surface area contributed by atoms with E-state index in [-0.39, 0.29) is 23.1 Å². The van der Waals surface area contributed by atoms with Crippen LogP contribution in [0.3, 0.4) is 0 Å². The van der Waals surface area contributed by atoms with E-state index in [0.29, 0.717) is 96.1 Å². The molecule has 10 heteroatoms. The number of anilines is 2. The van der Waals surface area contributed by atoms with Crippen molar-refractivity contribution in [1.82, 2.24) is 0 Å². The summed E-state index contributed by atoms with van der Waals surface area (Å²) in [4.78, 5) is 30.9. The molecule has 5 rings (SSSR count). The zero-order valence-corrected chi connectivity index (χ0v) is 43.1. The molecule has 0 fully saturated rings. The molecule has 4 aromatic rings. The fourth-order valence-corrected chi connectivity index (χ4v) is 12.5. The first-order chi connectivity index (χ1) is 31.8. The Hall–Kier alpha value is -4.28. The number of ketones is 2. The fraction of sp³-hybridized carbons (Fsp3) is 0.536. The smallest absolute Gasteiger partial charge is 0.232 e. The van der Waals surface area contributed by atoms with E-state index >= 15 is 9.59 Å². The Morgan fingerprint density at radius 3 is 1.06 bits per heavy atom. The Balaban J connectivity index is 1.93. The van der Waals surface area contributed by atoms with Gasteiger partial charge in [-0.2, -0.15) is 0 Å². The molecule has 0 unspecified atom stereocenters. The van der Waals surface area contributed by atoms with Gasteiger partial charge >= 0.3 is 0 Å². The van der Waals surface area contributed by atoms with E-state index in [1.807, 2.05) is 12.1 Å². The lowest BCUT2D eigenvalue weighted by molar-refractivity contribution is 0.0980. The Labute approximate surface area is 398 Å². The maximum Gasteiger partial charge on any atom is 0.232 e. The van der Waals surface area contributed by atoms with Gasteiger partial charge in [0.2, 0.25) is 20.0 Å². The SMILES string of the molecule is CCCCCCS(=O)(=O)Nc1c(CCC)cc(CCC)c(-c2ccc(-c3c(CCC)cc(CCC)c(NS(=O)(=O)CCCCCC)c3CCC)c3c2C(=O)c2ccccc2C3=O)c1CCC. The van der Waals surface area contributed by atoms with Gasteiger partial charge in [0.05, 0.1) is 22.9 Å². The quantitative estimate of drug-likeness (QED) is 0.0481. The van der Waals surface area contributed by atoms with Crippen molar-refractivity contribution in [2.75, 3.05) is 20.9 Å². The molecule has 360 valence electrons. The van der Waals surface area contributed by atoms with Crippen LogP contribution in [0.2, 0.25) is 0 Å². The van der Waals surface area contributed by atoms with E-state index in [4.69, 9.17) is 0 Å². The van der Waals surface area contributed by atoms with E-state index in [1.165, 1.54) is 0 Å². The van der Waals surface area contributed by atoms with Crippen molar-refractivity contribution in [3.8, 4) is 22.3 Å². The number of nitrogens with one attached hydrogen (secondary N) is 2. The van der Waals surface area contributed by atoms with E-state index in [0.717, 1.165) is 122 Å². The lowest BCUT2D eigenvalue weighted by Gasteiger charge is -2.29. The van der Waals surface area contributed by atoms with Crippen LogP contribution < -0.4 is 9.44 Å². The molecule has 0 spiro atoms. The molecule has 0 atom stereocenters. The van der Waals surface area contributed by atoms with Crippen molar-refractivity contribution >= 4 is 43.0 Å². The lowest BCUT2D eigenvalue weighted by atomic mass is 9.73. The van der Waals surface area contributed by atoms with Crippen LogP contribution in [-0.4, -0.2) is 39.9 Å². The maximum absolute atomic E-state index is 15.4. The molecular weight excluding hydrogens is 861 g/mol. The molecule has 0 bridgehead atoms. The largest absolute Gasteiger partial charge is 0.289 e. The summed E-state index contributed by atoms with van der Waals surface area (Å²) in [7, 11) is -7.43. The van der Waals surface area contributed by atoms with Crippen molar-refractivity contribution in [2.45, 2.75) is 184 Å². The van der Waals surface area contributed by atoms with Crippen LogP contribution in [0.15, 0.2) is 48.5 Å². The number of sulfonamides is 2. The van der Waals surface area contributed by atoms with Crippen LogP contribution in [0.25, 0.3) is 22.3 Å². The van der Waals surface area contributed by atoms with Gasteiger partial charge < -0.3 is 0 Å². The predicted octanol–water partition coefficient (Wildman–Crippen LogP) is 14.2. The molecule has 0 saturated carbocycles. The molecule has 0 radical (unpaired) electrons. The topological polar surface area (TPSA) is 126 Å². The Morgan fingerprint density at radius 2 is 0.727 bits per heavy atom. The van der Waals surface area contributed by atoms with Crippen LogP contribution in [0.4, 0.5) is 11.4 Å². The monoisotopic (exact) mass is 939 g/mol. The second-order valence-electron chi connectivity index (χ2n) is 18.4. The van der Waals surface area contributed by atoms with Gasteiger partial charge in [0.1, 0.15) is 0 Å². The first-order valence-electron chi connectivity index (χ1n) is 25.5. The highest BCUT2D eigenvalue weighted by Crippen LogP contribution is 2.48. The van der Waals surface area contributed by atoms with Gasteiger partial charge in [0.15, 0.2) is 11.6 Å². The van der Waals surface area contributed by atoms with Crippen LogP contribution >= 0.6 is 0 Å². The number of unbranched alkanes of at least 4 members (excludes halogenated alkanes) is 6. The Bertz CT molecular complexity index is 2380. The summed E-state index contributed by atoms with van der Waals surface area (Å²) in [6.07, 6.45) is 15.4. The van der Waals surface area contributed by atoms with Crippen LogP contribution in [0.5, 0.6) is 0 Å². The molecule has 66 heavy (non-hydrogen) atoms. The molecule has 0 saturated heterocycles. The zero-order chi connectivity index (χ0) is 48.0. The number of fused-ring (bicyclic) bond motifs is 2. The van der Waals surface area contributed by atoms with Crippen LogP contribution in [-0.2, 0) is 58.6 Å². The predicted molar refractivity (Wildman–Crippen MR) is 278 cm³/mol. The van der Waals surface area contributed by atoms with Gasteiger partial charge in [-0.05, 0) is 107 Å². The molecule has 4 aromatic carbocycles. The minimum atomic E-state index is -3.71.